The summed E-state index contributed by atoms with van der Waals surface area (Å²) in [6, 6.07) is 7.04. The van der Waals surface area contributed by atoms with E-state index in [2.05, 4.69) is 11.0 Å². The van der Waals surface area contributed by atoms with Crippen molar-refractivity contribution in [1.29, 1.82) is 0 Å². The zero-order chi connectivity index (χ0) is 15.3. The van der Waals surface area contributed by atoms with Gasteiger partial charge in [0.25, 0.3) is 0 Å². The number of anilines is 1. The summed E-state index contributed by atoms with van der Waals surface area (Å²) >= 11 is 1.81. The third kappa shape index (κ3) is 5.41. The van der Waals surface area contributed by atoms with E-state index < -0.39 is 10.0 Å². The Morgan fingerprint density at radius 1 is 1.43 bits per heavy atom. The van der Waals surface area contributed by atoms with E-state index in [4.69, 9.17) is 10.5 Å². The minimum atomic E-state index is -3.29. The summed E-state index contributed by atoms with van der Waals surface area (Å²) in [6.45, 7) is 0.122. The fourth-order valence-corrected chi connectivity index (χ4v) is 4.39. The summed E-state index contributed by atoms with van der Waals surface area (Å²) in [5, 5.41) is 0.571. The lowest BCUT2D eigenvalue weighted by Gasteiger charge is -2.13. The fraction of sp³-hybridized carbons (Fsp3) is 0.571. The first kappa shape index (κ1) is 16.5. The lowest BCUT2D eigenvalue weighted by atomic mass is 10.3. The van der Waals surface area contributed by atoms with Gasteiger partial charge in [-0.3, -0.25) is 0 Å². The van der Waals surface area contributed by atoms with Gasteiger partial charge < -0.3 is 10.5 Å². The Kier molecular flexibility index (Phi) is 5.78. The molecule has 21 heavy (non-hydrogen) atoms. The first-order valence-corrected chi connectivity index (χ1v) is 9.93. The maximum Gasteiger partial charge on any atom is 0.215 e. The molecule has 1 fully saturated rings. The van der Waals surface area contributed by atoms with Crippen molar-refractivity contribution in [2.75, 3.05) is 24.3 Å². The summed E-state index contributed by atoms with van der Waals surface area (Å²) in [5.74, 6) is 0.552. The number of thioether (sulfide) groups is 1. The van der Waals surface area contributed by atoms with E-state index >= 15 is 0 Å². The smallest absolute Gasteiger partial charge is 0.215 e. The monoisotopic (exact) mass is 330 g/mol. The van der Waals surface area contributed by atoms with Crippen LogP contribution in [0.2, 0.25) is 0 Å². The van der Waals surface area contributed by atoms with Gasteiger partial charge in [0, 0.05) is 23.0 Å². The van der Waals surface area contributed by atoms with Crippen LogP contribution in [0.5, 0.6) is 5.75 Å². The van der Waals surface area contributed by atoms with Gasteiger partial charge in [0.05, 0.1) is 5.75 Å². The van der Waals surface area contributed by atoms with Crippen molar-refractivity contribution < 1.29 is 13.2 Å². The second-order valence-corrected chi connectivity index (χ2v) is 8.24. The number of sulfonamides is 1. The molecule has 0 spiro atoms. The molecule has 1 saturated carbocycles. The van der Waals surface area contributed by atoms with Gasteiger partial charge in [0.15, 0.2) is 0 Å². The number of hydrogen-bond donors (Lipinski definition) is 2. The summed E-state index contributed by atoms with van der Waals surface area (Å²) < 4.78 is 32.2. The molecule has 2 rings (SSSR count). The lowest BCUT2D eigenvalue weighted by Crippen LogP contribution is -2.36. The molecular weight excluding hydrogens is 308 g/mol. The van der Waals surface area contributed by atoms with Crippen LogP contribution in [-0.2, 0) is 10.0 Å². The number of ether oxygens (including phenoxy) is 1. The van der Waals surface area contributed by atoms with Gasteiger partial charge in [0.2, 0.25) is 10.0 Å². The van der Waals surface area contributed by atoms with Gasteiger partial charge in [-0.15, -0.1) is 0 Å². The van der Waals surface area contributed by atoms with E-state index in [9.17, 15) is 8.42 Å². The Bertz CT molecular complexity index is 563. The molecule has 1 aliphatic rings. The van der Waals surface area contributed by atoms with Crippen molar-refractivity contribution in [2.45, 2.75) is 30.6 Å². The van der Waals surface area contributed by atoms with Crippen molar-refractivity contribution in [3.63, 3.8) is 0 Å². The average Bonchev–Trinajstić information content (AvgIpc) is 2.85. The zero-order valence-corrected chi connectivity index (χ0v) is 13.8. The molecule has 1 aliphatic carbocycles. The van der Waals surface area contributed by atoms with Gasteiger partial charge in [-0.1, -0.05) is 6.07 Å². The Labute approximate surface area is 130 Å². The Balaban J connectivity index is 1.76. The lowest BCUT2D eigenvalue weighted by molar-refractivity contribution is 0.340. The second kappa shape index (κ2) is 7.38. The highest BCUT2D eigenvalue weighted by molar-refractivity contribution is 7.99. The van der Waals surface area contributed by atoms with Crippen molar-refractivity contribution in [3.8, 4) is 5.75 Å². The molecule has 2 atom stereocenters. The molecule has 0 aliphatic heterocycles. The van der Waals surface area contributed by atoms with Crippen LogP contribution in [0.15, 0.2) is 24.3 Å². The average molecular weight is 330 g/mol. The van der Waals surface area contributed by atoms with E-state index in [1.165, 1.54) is 0 Å². The van der Waals surface area contributed by atoms with Crippen molar-refractivity contribution in [2.24, 2.45) is 0 Å². The minimum Gasteiger partial charge on any atom is -0.492 e. The van der Waals surface area contributed by atoms with Crippen LogP contribution >= 0.6 is 11.8 Å². The molecule has 2 unspecified atom stereocenters. The van der Waals surface area contributed by atoms with Gasteiger partial charge in [-0.2, -0.15) is 11.8 Å². The van der Waals surface area contributed by atoms with E-state index in [1.807, 2.05) is 11.8 Å². The first-order valence-electron chi connectivity index (χ1n) is 6.99. The Morgan fingerprint density at radius 3 is 2.90 bits per heavy atom. The van der Waals surface area contributed by atoms with Crippen LogP contribution in [-0.4, -0.2) is 38.3 Å². The maximum absolute atomic E-state index is 12.0. The number of nitrogen functional groups attached to an aromatic ring is 1. The van der Waals surface area contributed by atoms with Crippen molar-refractivity contribution in [3.05, 3.63) is 24.3 Å². The highest BCUT2D eigenvalue weighted by Crippen LogP contribution is 2.28. The summed E-state index contributed by atoms with van der Waals surface area (Å²) in [4.78, 5) is 0. The van der Waals surface area contributed by atoms with Gasteiger partial charge in [-0.25, -0.2) is 13.1 Å². The standard InChI is InChI=1S/C14H22N2O3S2/c1-20-14-6-5-12(10-14)16-21(17,18)8-7-19-13-4-2-3-11(15)9-13/h2-4,9,12,14,16H,5-8,10,15H2,1H3. The Morgan fingerprint density at radius 2 is 2.24 bits per heavy atom. The molecule has 0 heterocycles. The zero-order valence-electron chi connectivity index (χ0n) is 12.1. The Hall–Kier alpha value is -0.920. The largest absolute Gasteiger partial charge is 0.492 e. The SMILES string of the molecule is CSC1CCC(NS(=O)(=O)CCOc2cccc(N)c2)C1. The molecule has 7 heteroatoms. The number of rotatable bonds is 7. The molecule has 0 amide bonds. The molecule has 118 valence electrons. The van der Waals surface area contributed by atoms with Crippen LogP contribution in [0.1, 0.15) is 19.3 Å². The number of benzene rings is 1. The number of hydrogen-bond acceptors (Lipinski definition) is 5. The molecule has 0 radical (unpaired) electrons. The van der Waals surface area contributed by atoms with E-state index in [1.54, 1.807) is 24.3 Å². The third-order valence-electron chi connectivity index (χ3n) is 3.54. The summed E-state index contributed by atoms with van der Waals surface area (Å²) in [7, 11) is -3.29. The van der Waals surface area contributed by atoms with E-state index in [0.717, 1.165) is 19.3 Å². The quantitative estimate of drug-likeness (QED) is 0.746. The highest BCUT2D eigenvalue weighted by Gasteiger charge is 2.27. The maximum atomic E-state index is 12.0. The molecule has 0 saturated heterocycles. The van der Waals surface area contributed by atoms with Gasteiger partial charge in [0.1, 0.15) is 12.4 Å². The van der Waals surface area contributed by atoms with Crippen LogP contribution in [0.3, 0.4) is 0 Å². The van der Waals surface area contributed by atoms with Crippen molar-refractivity contribution in [1.82, 2.24) is 4.72 Å². The fourth-order valence-electron chi connectivity index (χ4n) is 2.45. The predicted molar refractivity (Wildman–Crippen MR) is 88.2 cm³/mol. The number of nitrogens with one attached hydrogen (secondary N) is 1. The molecule has 5 nitrogen and oxygen atoms in total. The van der Waals surface area contributed by atoms with E-state index in [0.29, 0.717) is 16.7 Å². The minimum absolute atomic E-state index is 0.0395. The van der Waals surface area contributed by atoms with E-state index in [-0.39, 0.29) is 18.4 Å². The summed E-state index contributed by atoms with van der Waals surface area (Å²) in [6.07, 6.45) is 4.98. The molecule has 0 bridgehead atoms. The molecule has 1 aromatic rings. The van der Waals surface area contributed by atoms with Gasteiger partial charge in [-0.05, 0) is 37.7 Å². The highest BCUT2D eigenvalue weighted by atomic mass is 32.2. The number of nitrogens with two attached hydrogens (primary N) is 1. The summed E-state index contributed by atoms with van der Waals surface area (Å²) in [5.41, 5.74) is 6.24. The van der Waals surface area contributed by atoms with Crippen molar-refractivity contribution >= 4 is 27.5 Å². The molecular formula is C14H22N2O3S2. The first-order chi connectivity index (χ1) is 9.98. The third-order valence-corrected chi connectivity index (χ3v) is 6.03. The predicted octanol–water partition coefficient (Wildman–Crippen LogP) is 1.85. The van der Waals surface area contributed by atoms with Crippen LogP contribution < -0.4 is 15.2 Å². The second-order valence-electron chi connectivity index (χ2n) is 5.23. The van der Waals surface area contributed by atoms with Crippen LogP contribution in [0.25, 0.3) is 0 Å². The molecule has 3 N–H and O–H groups in total. The van der Waals surface area contributed by atoms with Crippen LogP contribution in [0.4, 0.5) is 5.69 Å². The van der Waals surface area contributed by atoms with Gasteiger partial charge >= 0.3 is 0 Å². The topological polar surface area (TPSA) is 81.4 Å². The normalized spacial score (nSPS) is 22.3. The molecule has 1 aromatic carbocycles. The van der Waals surface area contributed by atoms with Crippen LogP contribution in [0, 0.1) is 0 Å². The molecule has 0 aromatic heterocycles.